The number of carbonyl (C=O) groups excluding carboxylic acids is 1. The summed E-state index contributed by atoms with van der Waals surface area (Å²) in [7, 11) is 0. The molecule has 6 heteroatoms. The molecule has 0 aromatic heterocycles. The highest BCUT2D eigenvalue weighted by molar-refractivity contribution is 7.99. The molecule has 0 atom stereocenters. The summed E-state index contributed by atoms with van der Waals surface area (Å²) in [6, 6.07) is 23.6. The first kappa shape index (κ1) is 19.0. The Kier molecular flexibility index (Phi) is 5.11. The summed E-state index contributed by atoms with van der Waals surface area (Å²) >= 11 is 1.71. The van der Waals surface area contributed by atoms with Crippen molar-refractivity contribution in [1.29, 1.82) is 0 Å². The van der Waals surface area contributed by atoms with Crippen molar-refractivity contribution in [2.45, 2.75) is 9.79 Å². The van der Waals surface area contributed by atoms with Crippen LogP contribution in [0.1, 0.15) is 0 Å². The first-order chi connectivity index (χ1) is 14.7. The topological polar surface area (TPSA) is 47.0 Å². The number of amides is 1. The molecule has 5 rings (SSSR count). The van der Waals surface area contributed by atoms with Crippen molar-refractivity contribution in [3.8, 4) is 5.75 Å². The number of rotatable bonds is 3. The fourth-order valence-corrected chi connectivity index (χ4v) is 5.17. The maximum absolute atomic E-state index is 13.4. The minimum atomic E-state index is 0.0891. The number of piperazine rings is 1. The van der Waals surface area contributed by atoms with Crippen molar-refractivity contribution in [3.63, 3.8) is 0 Å². The minimum Gasteiger partial charge on any atom is -0.506 e. The summed E-state index contributed by atoms with van der Waals surface area (Å²) in [6.07, 6.45) is 0. The van der Waals surface area contributed by atoms with Crippen LogP contribution in [0.4, 0.5) is 17.1 Å². The average molecular weight is 418 g/mol. The third kappa shape index (κ3) is 3.53. The average Bonchev–Trinajstić information content (AvgIpc) is 2.78. The molecule has 0 spiro atoms. The molecule has 1 saturated heterocycles. The van der Waals surface area contributed by atoms with E-state index in [4.69, 9.17) is 0 Å². The lowest BCUT2D eigenvalue weighted by molar-refractivity contribution is -0.119. The van der Waals surface area contributed by atoms with Crippen LogP contribution < -0.4 is 9.80 Å². The second-order valence-corrected chi connectivity index (χ2v) is 8.60. The molecule has 2 heterocycles. The normalized spacial score (nSPS) is 16.1. The Morgan fingerprint density at radius 2 is 1.30 bits per heavy atom. The first-order valence-corrected chi connectivity index (χ1v) is 11.0. The third-order valence-corrected chi connectivity index (χ3v) is 6.77. The van der Waals surface area contributed by atoms with Gasteiger partial charge in [-0.3, -0.25) is 14.6 Å². The maximum atomic E-state index is 13.4. The number of fused-ring (bicyclic) bond motifs is 2. The van der Waals surface area contributed by atoms with Gasteiger partial charge in [-0.25, -0.2) is 0 Å². The standard InChI is InChI=1S/C24H23N3O2S/c28-21-10-4-1-7-18(21)26-15-13-25(14-16-26)17-24(29)27-19-8-2-5-11-22(19)30-23-12-6-3-9-20(23)27/h1-12,28H,13-17H2. The lowest BCUT2D eigenvalue weighted by Gasteiger charge is -2.37. The molecule has 3 aromatic rings. The number of carbonyl (C=O) groups is 1. The molecular formula is C24H23N3O2S. The van der Waals surface area contributed by atoms with E-state index >= 15 is 0 Å². The number of benzene rings is 3. The zero-order valence-corrected chi connectivity index (χ0v) is 17.4. The van der Waals surface area contributed by atoms with E-state index < -0.39 is 0 Å². The second-order valence-electron chi connectivity index (χ2n) is 7.52. The van der Waals surface area contributed by atoms with E-state index in [0.29, 0.717) is 12.3 Å². The smallest absolute Gasteiger partial charge is 0.245 e. The van der Waals surface area contributed by atoms with E-state index in [-0.39, 0.29) is 5.91 Å². The van der Waals surface area contributed by atoms with Gasteiger partial charge in [-0.15, -0.1) is 0 Å². The van der Waals surface area contributed by atoms with Gasteiger partial charge >= 0.3 is 0 Å². The Balaban J connectivity index is 1.32. The van der Waals surface area contributed by atoms with E-state index in [1.165, 1.54) is 0 Å². The van der Waals surface area contributed by atoms with Gasteiger partial charge in [-0.05, 0) is 36.4 Å². The summed E-state index contributed by atoms with van der Waals surface area (Å²) in [5, 5.41) is 10.1. The van der Waals surface area contributed by atoms with Crippen LogP contribution in [-0.2, 0) is 4.79 Å². The maximum Gasteiger partial charge on any atom is 0.245 e. The number of anilines is 3. The lowest BCUT2D eigenvalue weighted by Crippen LogP contribution is -2.49. The molecule has 2 aliphatic rings. The highest BCUT2D eigenvalue weighted by Crippen LogP contribution is 2.47. The highest BCUT2D eigenvalue weighted by Gasteiger charge is 2.29. The Morgan fingerprint density at radius 3 is 1.90 bits per heavy atom. The van der Waals surface area contributed by atoms with E-state index in [1.807, 2.05) is 59.5 Å². The number of nitrogens with zero attached hydrogens (tertiary/aromatic N) is 3. The monoisotopic (exact) mass is 417 g/mol. The fourth-order valence-electron chi connectivity index (χ4n) is 4.11. The molecule has 1 N–H and O–H groups in total. The van der Waals surface area contributed by atoms with Gasteiger partial charge in [0.15, 0.2) is 0 Å². The van der Waals surface area contributed by atoms with Crippen LogP contribution in [0.5, 0.6) is 5.75 Å². The largest absolute Gasteiger partial charge is 0.506 e. The number of hydrogen-bond donors (Lipinski definition) is 1. The van der Waals surface area contributed by atoms with Gasteiger partial charge in [0.2, 0.25) is 5.91 Å². The van der Waals surface area contributed by atoms with Gasteiger partial charge in [-0.2, -0.15) is 0 Å². The summed E-state index contributed by atoms with van der Waals surface area (Å²) in [4.78, 5) is 21.9. The molecule has 5 nitrogen and oxygen atoms in total. The zero-order chi connectivity index (χ0) is 20.5. The SMILES string of the molecule is O=C(CN1CCN(c2ccccc2O)CC1)N1c2ccccc2Sc2ccccc21. The molecule has 2 aliphatic heterocycles. The van der Waals surface area contributed by atoms with Crippen molar-refractivity contribution in [1.82, 2.24) is 4.90 Å². The second kappa shape index (κ2) is 8.05. The Bertz CT molecular complexity index is 1030. The molecular weight excluding hydrogens is 394 g/mol. The molecule has 0 unspecified atom stereocenters. The van der Waals surface area contributed by atoms with Crippen molar-refractivity contribution in [2.24, 2.45) is 0 Å². The van der Waals surface area contributed by atoms with Crippen LogP contribution in [-0.4, -0.2) is 48.6 Å². The van der Waals surface area contributed by atoms with E-state index in [0.717, 1.165) is 53.0 Å². The predicted molar refractivity (Wildman–Crippen MR) is 121 cm³/mol. The molecule has 3 aromatic carbocycles. The number of phenols is 1. The molecule has 1 fully saturated rings. The van der Waals surface area contributed by atoms with Crippen LogP contribution in [0, 0.1) is 0 Å². The zero-order valence-electron chi connectivity index (χ0n) is 16.6. The number of para-hydroxylation sites is 4. The number of phenolic OH excluding ortho intramolecular Hbond substituents is 1. The minimum absolute atomic E-state index is 0.0891. The predicted octanol–water partition coefficient (Wildman–Crippen LogP) is 4.34. The summed E-state index contributed by atoms with van der Waals surface area (Å²) in [5.74, 6) is 0.396. The van der Waals surface area contributed by atoms with Crippen molar-refractivity contribution in [2.75, 3.05) is 42.5 Å². The van der Waals surface area contributed by atoms with Crippen LogP contribution in [0.25, 0.3) is 0 Å². The van der Waals surface area contributed by atoms with E-state index in [1.54, 1.807) is 17.8 Å². The van der Waals surface area contributed by atoms with Gasteiger partial charge < -0.3 is 10.0 Å². The van der Waals surface area contributed by atoms with E-state index in [9.17, 15) is 9.90 Å². The molecule has 0 bridgehead atoms. The van der Waals surface area contributed by atoms with Crippen LogP contribution in [0.2, 0.25) is 0 Å². The molecule has 0 radical (unpaired) electrons. The molecule has 0 aliphatic carbocycles. The van der Waals surface area contributed by atoms with Gasteiger partial charge in [0, 0.05) is 36.0 Å². The van der Waals surface area contributed by atoms with Gasteiger partial charge in [-0.1, -0.05) is 48.2 Å². The van der Waals surface area contributed by atoms with E-state index in [2.05, 4.69) is 21.9 Å². The first-order valence-electron chi connectivity index (χ1n) is 10.1. The molecule has 1 amide bonds. The summed E-state index contributed by atoms with van der Waals surface area (Å²) in [6.45, 7) is 3.52. The summed E-state index contributed by atoms with van der Waals surface area (Å²) in [5.41, 5.74) is 2.78. The van der Waals surface area contributed by atoms with Crippen molar-refractivity contribution < 1.29 is 9.90 Å². The Labute approximate surface area is 180 Å². The quantitative estimate of drug-likeness (QED) is 0.687. The molecule has 30 heavy (non-hydrogen) atoms. The number of aromatic hydroxyl groups is 1. The van der Waals surface area contributed by atoms with Crippen molar-refractivity contribution >= 4 is 34.7 Å². The molecule has 152 valence electrons. The third-order valence-electron chi connectivity index (χ3n) is 5.64. The van der Waals surface area contributed by atoms with Gasteiger partial charge in [0.05, 0.1) is 23.6 Å². The van der Waals surface area contributed by atoms with Crippen LogP contribution in [0.15, 0.2) is 82.6 Å². The van der Waals surface area contributed by atoms with Gasteiger partial charge in [0.25, 0.3) is 0 Å². The Hall–Kier alpha value is -2.96. The molecule has 0 saturated carbocycles. The van der Waals surface area contributed by atoms with Crippen LogP contribution >= 0.6 is 11.8 Å². The fraction of sp³-hybridized carbons (Fsp3) is 0.208. The summed E-state index contributed by atoms with van der Waals surface area (Å²) < 4.78 is 0. The number of hydrogen-bond acceptors (Lipinski definition) is 5. The van der Waals surface area contributed by atoms with Gasteiger partial charge in [0.1, 0.15) is 5.75 Å². The van der Waals surface area contributed by atoms with Crippen molar-refractivity contribution in [3.05, 3.63) is 72.8 Å². The Morgan fingerprint density at radius 1 is 0.767 bits per heavy atom. The highest BCUT2D eigenvalue weighted by atomic mass is 32.2. The lowest BCUT2D eigenvalue weighted by atomic mass is 10.2. The van der Waals surface area contributed by atoms with Crippen LogP contribution in [0.3, 0.4) is 0 Å².